The SMILES string of the molecule is COCCn1cnc2c1CCN1CCN(C(=O)C3CC(O)C3)CC21. The molecule has 1 aliphatic carbocycles. The van der Waals surface area contributed by atoms with Gasteiger partial charge in [-0.2, -0.15) is 0 Å². The molecule has 1 unspecified atom stereocenters. The Bertz CT molecular complexity index is 611. The summed E-state index contributed by atoms with van der Waals surface area (Å²) in [6.07, 6.45) is 3.90. The largest absolute Gasteiger partial charge is 0.393 e. The molecular formula is C17H26N4O3. The molecule has 1 aromatic heterocycles. The van der Waals surface area contributed by atoms with Crippen LogP contribution in [0.1, 0.15) is 30.3 Å². The van der Waals surface area contributed by atoms with Gasteiger partial charge in [0.25, 0.3) is 0 Å². The number of hydrogen-bond acceptors (Lipinski definition) is 5. The predicted molar refractivity (Wildman–Crippen MR) is 87.4 cm³/mol. The molecule has 3 aliphatic rings. The number of amides is 1. The molecule has 7 nitrogen and oxygen atoms in total. The van der Waals surface area contributed by atoms with Crippen molar-refractivity contribution in [2.45, 2.75) is 38.0 Å². The van der Waals surface area contributed by atoms with E-state index >= 15 is 0 Å². The lowest BCUT2D eigenvalue weighted by atomic mass is 9.81. The van der Waals surface area contributed by atoms with Crippen LogP contribution >= 0.6 is 0 Å². The first kappa shape index (κ1) is 16.1. The smallest absolute Gasteiger partial charge is 0.225 e. The first-order valence-corrected chi connectivity index (χ1v) is 8.91. The Hall–Kier alpha value is -1.44. The summed E-state index contributed by atoms with van der Waals surface area (Å²) in [7, 11) is 1.72. The molecule has 0 bridgehead atoms. The zero-order valence-electron chi connectivity index (χ0n) is 14.2. The Labute approximate surface area is 142 Å². The maximum absolute atomic E-state index is 12.6. The monoisotopic (exact) mass is 334 g/mol. The normalized spacial score (nSPS) is 29.8. The third-order valence-corrected chi connectivity index (χ3v) is 5.73. The van der Waals surface area contributed by atoms with Gasteiger partial charge in [0.1, 0.15) is 0 Å². The maximum Gasteiger partial charge on any atom is 0.225 e. The molecule has 1 aromatic rings. The molecule has 2 fully saturated rings. The second-order valence-corrected chi connectivity index (χ2v) is 7.17. The van der Waals surface area contributed by atoms with Crippen LogP contribution in [-0.4, -0.2) is 76.4 Å². The average molecular weight is 334 g/mol. The Balaban J connectivity index is 1.48. The number of carbonyl (C=O) groups is 1. The first-order valence-electron chi connectivity index (χ1n) is 8.91. The molecule has 0 aromatic carbocycles. The zero-order valence-corrected chi connectivity index (χ0v) is 14.2. The number of piperazine rings is 1. The van der Waals surface area contributed by atoms with Gasteiger partial charge in [-0.25, -0.2) is 4.98 Å². The highest BCUT2D eigenvalue weighted by Crippen LogP contribution is 2.34. The summed E-state index contributed by atoms with van der Waals surface area (Å²) in [5.74, 6) is 0.236. The second kappa shape index (κ2) is 6.46. The second-order valence-electron chi connectivity index (χ2n) is 7.17. The third-order valence-electron chi connectivity index (χ3n) is 5.73. The van der Waals surface area contributed by atoms with Gasteiger partial charge in [0, 0.05) is 57.9 Å². The molecule has 0 radical (unpaired) electrons. The number of ether oxygens (including phenoxy) is 1. The first-order chi connectivity index (χ1) is 11.7. The molecule has 24 heavy (non-hydrogen) atoms. The lowest BCUT2D eigenvalue weighted by Gasteiger charge is -2.45. The summed E-state index contributed by atoms with van der Waals surface area (Å²) in [5, 5.41) is 9.45. The van der Waals surface area contributed by atoms with E-state index < -0.39 is 0 Å². The number of aliphatic hydroxyl groups excluding tert-OH is 1. The van der Waals surface area contributed by atoms with Crippen LogP contribution in [0.5, 0.6) is 0 Å². The van der Waals surface area contributed by atoms with E-state index in [1.807, 2.05) is 11.2 Å². The highest BCUT2D eigenvalue weighted by atomic mass is 16.5. The van der Waals surface area contributed by atoms with Gasteiger partial charge in [0.05, 0.1) is 30.8 Å². The Kier molecular flexibility index (Phi) is 4.32. The standard InChI is InChI=1S/C17H26N4O3/c1-24-7-6-21-11-18-16-14(21)2-3-19-4-5-20(10-15(16)19)17(23)12-8-13(22)9-12/h11-13,15,22H,2-10H2,1H3. The number of nitrogens with zero attached hydrogens (tertiary/aromatic N) is 4. The van der Waals surface area contributed by atoms with E-state index in [0.29, 0.717) is 19.4 Å². The van der Waals surface area contributed by atoms with Gasteiger partial charge in [0.2, 0.25) is 5.91 Å². The molecule has 1 saturated heterocycles. The van der Waals surface area contributed by atoms with Crippen LogP contribution in [0.25, 0.3) is 0 Å². The lowest BCUT2D eigenvalue weighted by molar-refractivity contribution is -0.145. The van der Waals surface area contributed by atoms with Crippen molar-refractivity contribution in [1.82, 2.24) is 19.4 Å². The van der Waals surface area contributed by atoms with Crippen LogP contribution in [0.15, 0.2) is 6.33 Å². The van der Waals surface area contributed by atoms with Crippen LogP contribution in [0, 0.1) is 5.92 Å². The molecule has 1 atom stereocenters. The van der Waals surface area contributed by atoms with Crippen LogP contribution < -0.4 is 0 Å². The molecule has 3 heterocycles. The predicted octanol–water partition coefficient (Wildman–Crippen LogP) is 0.0418. The number of rotatable bonds is 4. The van der Waals surface area contributed by atoms with Crippen LogP contribution in [0.2, 0.25) is 0 Å². The molecular weight excluding hydrogens is 308 g/mol. The minimum Gasteiger partial charge on any atom is -0.393 e. The van der Waals surface area contributed by atoms with Crippen molar-refractivity contribution in [3.63, 3.8) is 0 Å². The van der Waals surface area contributed by atoms with E-state index in [9.17, 15) is 9.90 Å². The van der Waals surface area contributed by atoms with Gasteiger partial charge in [-0.3, -0.25) is 9.69 Å². The fraction of sp³-hybridized carbons (Fsp3) is 0.765. The number of aliphatic hydroxyl groups is 1. The van der Waals surface area contributed by atoms with E-state index in [2.05, 4.69) is 14.5 Å². The summed E-state index contributed by atoms with van der Waals surface area (Å²) < 4.78 is 7.38. The summed E-state index contributed by atoms with van der Waals surface area (Å²) in [5.41, 5.74) is 2.42. The summed E-state index contributed by atoms with van der Waals surface area (Å²) in [6.45, 7) is 4.97. The molecule has 2 aliphatic heterocycles. The van der Waals surface area contributed by atoms with Gasteiger partial charge >= 0.3 is 0 Å². The Morgan fingerprint density at radius 2 is 2.21 bits per heavy atom. The van der Waals surface area contributed by atoms with Gasteiger partial charge in [-0.15, -0.1) is 0 Å². The van der Waals surface area contributed by atoms with Crippen LogP contribution in [-0.2, 0) is 22.5 Å². The molecule has 132 valence electrons. The van der Waals surface area contributed by atoms with Crippen molar-refractivity contribution in [1.29, 1.82) is 0 Å². The van der Waals surface area contributed by atoms with Crippen molar-refractivity contribution >= 4 is 5.91 Å². The topological polar surface area (TPSA) is 70.8 Å². The number of imidazole rings is 1. The quantitative estimate of drug-likeness (QED) is 0.842. The van der Waals surface area contributed by atoms with E-state index in [0.717, 1.165) is 44.8 Å². The van der Waals surface area contributed by atoms with Gasteiger partial charge in [-0.1, -0.05) is 0 Å². The van der Waals surface area contributed by atoms with E-state index in [4.69, 9.17) is 4.74 Å². The highest BCUT2D eigenvalue weighted by molar-refractivity contribution is 5.80. The zero-order chi connectivity index (χ0) is 16.7. The lowest BCUT2D eigenvalue weighted by Crippen LogP contribution is -2.55. The Morgan fingerprint density at radius 1 is 1.38 bits per heavy atom. The van der Waals surface area contributed by atoms with Crippen molar-refractivity contribution in [2.24, 2.45) is 5.92 Å². The van der Waals surface area contributed by atoms with Gasteiger partial charge < -0.3 is 19.3 Å². The van der Waals surface area contributed by atoms with E-state index in [-0.39, 0.29) is 24.0 Å². The minimum atomic E-state index is -0.280. The van der Waals surface area contributed by atoms with Crippen molar-refractivity contribution in [3.8, 4) is 0 Å². The third kappa shape index (κ3) is 2.74. The van der Waals surface area contributed by atoms with Gasteiger partial charge in [-0.05, 0) is 12.8 Å². The molecule has 0 spiro atoms. The molecule has 4 rings (SSSR count). The highest BCUT2D eigenvalue weighted by Gasteiger charge is 2.41. The number of aromatic nitrogens is 2. The van der Waals surface area contributed by atoms with Crippen molar-refractivity contribution < 1.29 is 14.6 Å². The van der Waals surface area contributed by atoms with Crippen molar-refractivity contribution in [3.05, 3.63) is 17.7 Å². The van der Waals surface area contributed by atoms with E-state index in [1.54, 1.807) is 7.11 Å². The summed E-state index contributed by atoms with van der Waals surface area (Å²) in [4.78, 5) is 21.7. The summed E-state index contributed by atoms with van der Waals surface area (Å²) >= 11 is 0. The summed E-state index contributed by atoms with van der Waals surface area (Å²) in [6, 6.07) is 0.209. The van der Waals surface area contributed by atoms with Crippen LogP contribution in [0.4, 0.5) is 0 Å². The van der Waals surface area contributed by atoms with Crippen LogP contribution in [0.3, 0.4) is 0 Å². The number of carbonyl (C=O) groups excluding carboxylic acids is 1. The fourth-order valence-electron chi connectivity index (χ4n) is 4.20. The number of fused-ring (bicyclic) bond motifs is 3. The number of hydrogen-bond donors (Lipinski definition) is 1. The Morgan fingerprint density at radius 3 is 2.96 bits per heavy atom. The van der Waals surface area contributed by atoms with Crippen molar-refractivity contribution in [2.75, 3.05) is 39.9 Å². The average Bonchev–Trinajstić information content (AvgIpc) is 2.99. The van der Waals surface area contributed by atoms with Gasteiger partial charge in [0.15, 0.2) is 0 Å². The number of methoxy groups -OCH3 is 1. The maximum atomic E-state index is 12.6. The minimum absolute atomic E-state index is 0.0221. The molecule has 1 N–H and O–H groups in total. The van der Waals surface area contributed by atoms with E-state index in [1.165, 1.54) is 5.69 Å². The molecule has 7 heteroatoms. The molecule has 1 amide bonds. The fourth-order valence-corrected chi connectivity index (χ4v) is 4.20. The molecule has 1 saturated carbocycles.